The first kappa shape index (κ1) is 17.1. The van der Waals surface area contributed by atoms with Crippen LogP contribution in [0.5, 0.6) is 0 Å². The van der Waals surface area contributed by atoms with Gasteiger partial charge in [-0.05, 0) is 38.0 Å². The van der Waals surface area contributed by atoms with E-state index in [0.29, 0.717) is 0 Å². The molecule has 0 fully saturated rings. The van der Waals surface area contributed by atoms with Gasteiger partial charge in [0.05, 0.1) is 0 Å². The molecule has 92 valence electrons. The van der Waals surface area contributed by atoms with Crippen molar-refractivity contribution in [2.75, 3.05) is 17.3 Å². The zero-order chi connectivity index (χ0) is 11.4. The van der Waals surface area contributed by atoms with Crippen molar-refractivity contribution in [2.24, 2.45) is 5.92 Å². The largest absolute Gasteiger partial charge is 0.111 e. The van der Waals surface area contributed by atoms with E-state index in [2.05, 4.69) is 35.0 Å². The summed E-state index contributed by atoms with van der Waals surface area (Å²) in [5.41, 5.74) is 0. The van der Waals surface area contributed by atoms with Crippen molar-refractivity contribution in [1.29, 1.82) is 0 Å². The van der Waals surface area contributed by atoms with Gasteiger partial charge in [-0.1, -0.05) is 32.4 Å². The van der Waals surface area contributed by atoms with Gasteiger partial charge >= 0.3 is 0 Å². The minimum atomic E-state index is 0.880. The van der Waals surface area contributed by atoms with Crippen LogP contribution >= 0.6 is 67.4 Å². The summed E-state index contributed by atoms with van der Waals surface area (Å²) in [6.45, 7) is 0. The molecule has 0 aliphatic heterocycles. The van der Waals surface area contributed by atoms with Crippen LogP contribution < -0.4 is 0 Å². The molecule has 6 heteroatoms. The molecule has 0 amide bonds. The van der Waals surface area contributed by atoms with Crippen molar-refractivity contribution in [1.82, 2.24) is 0 Å². The van der Waals surface area contributed by atoms with E-state index in [-0.39, 0.29) is 0 Å². The van der Waals surface area contributed by atoms with Crippen LogP contribution in [0.2, 0.25) is 0 Å². The molecule has 0 aliphatic carbocycles. The molecule has 0 unspecified atom stereocenters. The number of hydrogen-bond acceptors (Lipinski definition) is 6. The average molecular weight is 321 g/mol. The molecule has 0 rings (SSSR count). The van der Waals surface area contributed by atoms with Gasteiger partial charge < -0.3 is 0 Å². The van der Waals surface area contributed by atoms with Crippen LogP contribution in [0.15, 0.2) is 0 Å². The van der Waals surface area contributed by atoms with Crippen molar-refractivity contribution in [3.05, 3.63) is 0 Å². The zero-order valence-corrected chi connectivity index (χ0v) is 13.9. The Bertz CT molecular complexity index is 111. The number of rotatable bonds is 11. The molecular formula is C9H20S6. The Hall–Kier alpha value is 2.10. The Kier molecular flexibility index (Phi) is 16.1. The third-order valence-corrected chi connectivity index (χ3v) is 5.32. The van der Waals surface area contributed by atoms with Gasteiger partial charge in [0.2, 0.25) is 0 Å². The van der Waals surface area contributed by atoms with Gasteiger partial charge in [-0.3, -0.25) is 0 Å². The van der Waals surface area contributed by atoms with E-state index in [0.717, 1.165) is 5.92 Å². The summed E-state index contributed by atoms with van der Waals surface area (Å²) in [4.78, 5) is 0. The predicted molar refractivity (Wildman–Crippen MR) is 90.9 cm³/mol. The smallest absolute Gasteiger partial charge is 0.00371 e. The lowest BCUT2D eigenvalue weighted by molar-refractivity contribution is 0.434. The van der Waals surface area contributed by atoms with Gasteiger partial charge in [-0.25, -0.2) is 0 Å². The highest BCUT2D eigenvalue weighted by Crippen LogP contribution is 2.24. The molecule has 0 saturated heterocycles. The molecule has 0 spiro atoms. The summed E-state index contributed by atoms with van der Waals surface area (Å²) in [6.07, 6.45) is 6.59. The van der Waals surface area contributed by atoms with E-state index in [1.807, 2.05) is 0 Å². The van der Waals surface area contributed by atoms with Crippen LogP contribution in [0.1, 0.15) is 32.1 Å². The molecule has 0 saturated carbocycles. The normalized spacial score (nSPS) is 11.2. The topological polar surface area (TPSA) is 0 Å². The lowest BCUT2D eigenvalue weighted by Crippen LogP contribution is -2.03. The molecule has 15 heavy (non-hydrogen) atoms. The van der Waals surface area contributed by atoms with E-state index in [4.69, 9.17) is 0 Å². The standard InChI is InChI=1S/C9H20S6/c10-13-6-1-3-9(5-8-15-12)4-2-7-14-11/h9-12H,1-8H2. The van der Waals surface area contributed by atoms with Crippen LogP contribution in [0.3, 0.4) is 0 Å². The fraction of sp³-hybridized carbons (Fsp3) is 1.00. The monoisotopic (exact) mass is 320 g/mol. The van der Waals surface area contributed by atoms with Gasteiger partial charge in [-0.15, -0.1) is 35.0 Å². The average Bonchev–Trinajstić information content (AvgIpc) is 2.25. The molecule has 0 radical (unpaired) electrons. The summed E-state index contributed by atoms with van der Waals surface area (Å²) in [7, 11) is 4.97. The highest BCUT2D eigenvalue weighted by Gasteiger charge is 2.07. The Morgan fingerprint density at radius 3 is 1.53 bits per heavy atom. The Morgan fingerprint density at radius 1 is 0.667 bits per heavy atom. The molecule has 0 aromatic carbocycles. The van der Waals surface area contributed by atoms with Crippen LogP contribution in [0.4, 0.5) is 0 Å². The van der Waals surface area contributed by atoms with Crippen LogP contribution in [0, 0.1) is 5.92 Å². The predicted octanol–water partition coefficient (Wildman–Crippen LogP) is 5.29. The molecule has 0 bridgehead atoms. The van der Waals surface area contributed by atoms with Gasteiger partial charge in [0.15, 0.2) is 0 Å². The second kappa shape index (κ2) is 14.2. The maximum Gasteiger partial charge on any atom is 0.00371 e. The highest BCUT2D eigenvalue weighted by atomic mass is 33.1. The molecule has 0 aliphatic rings. The summed E-state index contributed by atoms with van der Waals surface area (Å²) >= 11 is 12.5. The molecule has 0 nitrogen and oxygen atoms in total. The SMILES string of the molecule is SSCCCC(CCCSS)CCSS. The summed E-state index contributed by atoms with van der Waals surface area (Å²) in [5, 5.41) is 0. The fourth-order valence-electron chi connectivity index (χ4n) is 1.53. The van der Waals surface area contributed by atoms with Gasteiger partial charge in [0, 0.05) is 17.3 Å². The molecule has 0 atom stereocenters. The maximum absolute atomic E-state index is 4.20. The first-order chi connectivity index (χ1) is 7.35. The van der Waals surface area contributed by atoms with E-state index in [1.165, 1.54) is 49.4 Å². The summed E-state index contributed by atoms with van der Waals surface area (Å²) in [5.74, 6) is 4.41. The first-order valence-electron chi connectivity index (χ1n) is 5.14. The maximum atomic E-state index is 4.20. The minimum absolute atomic E-state index is 0.880. The van der Waals surface area contributed by atoms with Crippen LogP contribution in [-0.4, -0.2) is 17.3 Å². The zero-order valence-electron chi connectivity index (χ0n) is 8.80. The molecule has 0 N–H and O–H groups in total. The van der Waals surface area contributed by atoms with Crippen molar-refractivity contribution in [3.8, 4) is 0 Å². The van der Waals surface area contributed by atoms with Gasteiger partial charge in [0.25, 0.3) is 0 Å². The summed E-state index contributed by atoms with van der Waals surface area (Å²) in [6, 6.07) is 0. The lowest BCUT2D eigenvalue weighted by Gasteiger charge is -2.15. The van der Waals surface area contributed by atoms with Crippen molar-refractivity contribution < 1.29 is 0 Å². The van der Waals surface area contributed by atoms with Crippen LogP contribution in [-0.2, 0) is 0 Å². The van der Waals surface area contributed by atoms with E-state index in [1.54, 1.807) is 32.4 Å². The van der Waals surface area contributed by atoms with E-state index >= 15 is 0 Å². The van der Waals surface area contributed by atoms with Gasteiger partial charge in [-0.2, -0.15) is 0 Å². The third kappa shape index (κ3) is 12.3. The fourth-order valence-corrected chi connectivity index (χ4v) is 3.65. The third-order valence-electron chi connectivity index (χ3n) is 2.31. The second-order valence-corrected chi connectivity index (χ2v) is 7.76. The first-order valence-corrected chi connectivity index (χ1v) is 11.3. The number of hydrogen-bond donors (Lipinski definition) is 3. The molecule has 0 aromatic rings. The highest BCUT2D eigenvalue weighted by molar-refractivity contribution is 8.69. The summed E-state index contributed by atoms with van der Waals surface area (Å²) < 4.78 is 0. The molecule has 0 heterocycles. The quantitative estimate of drug-likeness (QED) is 0.269. The van der Waals surface area contributed by atoms with Crippen molar-refractivity contribution in [2.45, 2.75) is 32.1 Å². The van der Waals surface area contributed by atoms with Gasteiger partial charge in [0.1, 0.15) is 0 Å². The van der Waals surface area contributed by atoms with Crippen molar-refractivity contribution in [3.63, 3.8) is 0 Å². The van der Waals surface area contributed by atoms with E-state index in [9.17, 15) is 0 Å². The van der Waals surface area contributed by atoms with Crippen LogP contribution in [0.25, 0.3) is 0 Å². The lowest BCUT2D eigenvalue weighted by atomic mass is 9.96. The minimum Gasteiger partial charge on any atom is -0.111 e. The Balaban J connectivity index is 3.53. The molecular weight excluding hydrogens is 301 g/mol. The number of thiol groups is 3. The second-order valence-electron chi connectivity index (χ2n) is 3.44. The van der Waals surface area contributed by atoms with Crippen molar-refractivity contribution >= 4 is 67.4 Å². The van der Waals surface area contributed by atoms with E-state index < -0.39 is 0 Å². The Labute approximate surface area is 122 Å². The molecule has 0 aromatic heterocycles. The Morgan fingerprint density at radius 2 is 1.13 bits per heavy atom.